The number of nitrogens with one attached hydrogen (secondary N) is 1. The highest BCUT2D eigenvalue weighted by Crippen LogP contribution is 2.35. The van der Waals surface area contributed by atoms with Crippen LogP contribution in [0, 0.1) is 0 Å². The van der Waals surface area contributed by atoms with E-state index < -0.39 is 5.60 Å². The second-order valence-electron chi connectivity index (χ2n) is 6.02. The number of likely N-dealkylation sites (tertiary alicyclic amines) is 1. The van der Waals surface area contributed by atoms with Crippen LogP contribution in [-0.4, -0.2) is 35.2 Å². The summed E-state index contributed by atoms with van der Waals surface area (Å²) < 4.78 is 5.49. The summed E-state index contributed by atoms with van der Waals surface area (Å²) in [6.45, 7) is 6.40. The van der Waals surface area contributed by atoms with Gasteiger partial charge in [-0.15, -0.1) is 0 Å². The van der Waals surface area contributed by atoms with Gasteiger partial charge < -0.3 is 15.0 Å². The molecule has 0 spiro atoms. The lowest BCUT2D eigenvalue weighted by atomic mass is 10.1. The summed E-state index contributed by atoms with van der Waals surface area (Å²) in [6.07, 6.45) is 3.44. The Hall–Kier alpha value is -1.78. The maximum Gasteiger partial charge on any atom is 0.410 e. The Bertz CT molecular complexity index is 482. The number of hydrogen-bond donors (Lipinski definition) is 1. The third-order valence-corrected chi connectivity index (χ3v) is 3.32. The number of pyridine rings is 1. The van der Waals surface area contributed by atoms with Crippen molar-refractivity contribution in [1.29, 1.82) is 0 Å². The van der Waals surface area contributed by atoms with Gasteiger partial charge in [-0.25, -0.2) is 9.78 Å². The molecule has 20 heavy (non-hydrogen) atoms. The molecule has 5 heteroatoms. The number of anilines is 1. The summed E-state index contributed by atoms with van der Waals surface area (Å²) in [5.74, 6) is 0.827. The van der Waals surface area contributed by atoms with Crippen LogP contribution in [0.2, 0.25) is 0 Å². The maximum absolute atomic E-state index is 12.3. The summed E-state index contributed by atoms with van der Waals surface area (Å²) in [7, 11) is 1.85. The SMILES string of the molecule is CNc1ncccc1C1CCCN1C(=O)OC(C)(C)C. The molecule has 1 aromatic heterocycles. The fourth-order valence-corrected chi connectivity index (χ4v) is 2.52. The lowest BCUT2D eigenvalue weighted by Gasteiger charge is -2.29. The molecule has 0 bridgehead atoms. The first kappa shape index (κ1) is 14.6. The van der Waals surface area contributed by atoms with Crippen molar-refractivity contribution in [1.82, 2.24) is 9.88 Å². The summed E-state index contributed by atoms with van der Waals surface area (Å²) in [5, 5.41) is 3.09. The number of ether oxygens (including phenoxy) is 1. The Morgan fingerprint density at radius 2 is 2.25 bits per heavy atom. The number of carbonyl (C=O) groups excluding carboxylic acids is 1. The Morgan fingerprint density at radius 1 is 1.50 bits per heavy atom. The zero-order valence-corrected chi connectivity index (χ0v) is 12.6. The number of rotatable bonds is 2. The van der Waals surface area contributed by atoms with Gasteiger partial charge in [0.2, 0.25) is 0 Å². The van der Waals surface area contributed by atoms with Gasteiger partial charge in [0.1, 0.15) is 11.4 Å². The van der Waals surface area contributed by atoms with Gasteiger partial charge in [0, 0.05) is 25.4 Å². The normalized spacial score (nSPS) is 19.0. The molecule has 1 saturated heterocycles. The Kier molecular flexibility index (Phi) is 4.16. The van der Waals surface area contributed by atoms with E-state index in [4.69, 9.17) is 4.74 Å². The molecule has 0 saturated carbocycles. The second-order valence-corrected chi connectivity index (χ2v) is 6.02. The van der Waals surface area contributed by atoms with Crippen LogP contribution >= 0.6 is 0 Å². The molecule has 1 fully saturated rings. The van der Waals surface area contributed by atoms with Crippen LogP contribution in [0.1, 0.15) is 45.2 Å². The zero-order valence-electron chi connectivity index (χ0n) is 12.6. The smallest absolute Gasteiger partial charge is 0.410 e. The molecule has 5 nitrogen and oxygen atoms in total. The predicted octanol–water partition coefficient (Wildman–Crippen LogP) is 3.20. The van der Waals surface area contributed by atoms with Gasteiger partial charge >= 0.3 is 6.09 Å². The van der Waals surface area contributed by atoms with E-state index in [1.165, 1.54) is 0 Å². The number of carbonyl (C=O) groups is 1. The molecule has 0 aliphatic carbocycles. The molecule has 1 unspecified atom stereocenters. The summed E-state index contributed by atoms with van der Waals surface area (Å²) >= 11 is 0. The van der Waals surface area contributed by atoms with Crippen molar-refractivity contribution in [3.63, 3.8) is 0 Å². The van der Waals surface area contributed by atoms with Crippen LogP contribution in [0.4, 0.5) is 10.6 Å². The molecule has 2 rings (SSSR count). The molecule has 1 amide bonds. The molecule has 0 aromatic carbocycles. The molecular formula is C15H23N3O2. The highest BCUT2D eigenvalue weighted by atomic mass is 16.6. The minimum Gasteiger partial charge on any atom is -0.444 e. The van der Waals surface area contributed by atoms with Crippen molar-refractivity contribution < 1.29 is 9.53 Å². The summed E-state index contributed by atoms with van der Waals surface area (Å²) in [4.78, 5) is 18.4. The third kappa shape index (κ3) is 3.21. The van der Waals surface area contributed by atoms with E-state index in [9.17, 15) is 4.79 Å². The van der Waals surface area contributed by atoms with Gasteiger partial charge in [-0.1, -0.05) is 6.07 Å². The lowest BCUT2D eigenvalue weighted by Crippen LogP contribution is -2.36. The number of hydrogen-bond acceptors (Lipinski definition) is 4. The van der Waals surface area contributed by atoms with E-state index in [-0.39, 0.29) is 12.1 Å². The zero-order chi connectivity index (χ0) is 14.8. The first-order valence-electron chi connectivity index (χ1n) is 7.04. The monoisotopic (exact) mass is 277 g/mol. The molecule has 2 heterocycles. The van der Waals surface area contributed by atoms with E-state index in [1.54, 1.807) is 6.20 Å². The predicted molar refractivity (Wildman–Crippen MR) is 78.7 cm³/mol. The van der Waals surface area contributed by atoms with Crippen LogP contribution in [0.5, 0.6) is 0 Å². The molecule has 1 aromatic rings. The fraction of sp³-hybridized carbons (Fsp3) is 0.600. The molecular weight excluding hydrogens is 254 g/mol. The van der Waals surface area contributed by atoms with E-state index in [1.807, 2.05) is 44.9 Å². The first-order chi connectivity index (χ1) is 9.42. The van der Waals surface area contributed by atoms with Crippen molar-refractivity contribution >= 4 is 11.9 Å². The van der Waals surface area contributed by atoms with E-state index in [0.717, 1.165) is 30.8 Å². The van der Waals surface area contributed by atoms with E-state index >= 15 is 0 Å². The minimum absolute atomic E-state index is 0.0426. The van der Waals surface area contributed by atoms with Crippen molar-refractivity contribution in [2.45, 2.75) is 45.3 Å². The average Bonchev–Trinajstić information content (AvgIpc) is 2.85. The number of aromatic nitrogens is 1. The van der Waals surface area contributed by atoms with Crippen molar-refractivity contribution in [3.05, 3.63) is 23.9 Å². The van der Waals surface area contributed by atoms with Crippen LogP contribution in [0.3, 0.4) is 0 Å². The molecule has 110 valence electrons. The molecule has 1 N–H and O–H groups in total. The molecule has 0 radical (unpaired) electrons. The lowest BCUT2D eigenvalue weighted by molar-refractivity contribution is 0.0225. The maximum atomic E-state index is 12.3. The second kappa shape index (κ2) is 5.69. The van der Waals surface area contributed by atoms with E-state index in [2.05, 4.69) is 10.3 Å². The van der Waals surface area contributed by atoms with Crippen LogP contribution in [-0.2, 0) is 4.74 Å². The first-order valence-corrected chi connectivity index (χ1v) is 7.04. The summed E-state index contributed by atoms with van der Waals surface area (Å²) in [6, 6.07) is 3.97. The number of amides is 1. The van der Waals surface area contributed by atoms with Crippen molar-refractivity contribution in [2.24, 2.45) is 0 Å². The number of nitrogens with zero attached hydrogens (tertiary/aromatic N) is 2. The highest BCUT2D eigenvalue weighted by Gasteiger charge is 2.34. The minimum atomic E-state index is -0.467. The Balaban J connectivity index is 2.21. The standard InChI is InChI=1S/C15H23N3O2/c1-15(2,3)20-14(19)18-10-6-8-12(18)11-7-5-9-17-13(11)16-4/h5,7,9,12H,6,8,10H2,1-4H3,(H,16,17). The highest BCUT2D eigenvalue weighted by molar-refractivity contribution is 5.69. The van der Waals surface area contributed by atoms with Crippen molar-refractivity contribution in [2.75, 3.05) is 18.9 Å². The van der Waals surface area contributed by atoms with Crippen LogP contribution in [0.25, 0.3) is 0 Å². The molecule has 1 aliphatic rings. The van der Waals surface area contributed by atoms with Gasteiger partial charge in [0.05, 0.1) is 6.04 Å². The van der Waals surface area contributed by atoms with Gasteiger partial charge in [0.25, 0.3) is 0 Å². The molecule has 1 atom stereocenters. The topological polar surface area (TPSA) is 54.5 Å². The van der Waals surface area contributed by atoms with Crippen LogP contribution in [0.15, 0.2) is 18.3 Å². The van der Waals surface area contributed by atoms with E-state index in [0.29, 0.717) is 0 Å². The largest absolute Gasteiger partial charge is 0.444 e. The Labute approximate surface area is 120 Å². The third-order valence-electron chi connectivity index (χ3n) is 3.32. The Morgan fingerprint density at radius 3 is 2.90 bits per heavy atom. The van der Waals surface area contributed by atoms with Crippen LogP contribution < -0.4 is 5.32 Å². The van der Waals surface area contributed by atoms with Gasteiger partial charge in [0.15, 0.2) is 0 Å². The quantitative estimate of drug-likeness (QED) is 0.902. The molecule has 1 aliphatic heterocycles. The average molecular weight is 277 g/mol. The van der Waals surface area contributed by atoms with Crippen molar-refractivity contribution in [3.8, 4) is 0 Å². The summed E-state index contributed by atoms with van der Waals surface area (Å²) in [5.41, 5.74) is 0.587. The van der Waals surface area contributed by atoms with Gasteiger partial charge in [-0.05, 0) is 39.7 Å². The van der Waals surface area contributed by atoms with Gasteiger partial charge in [-0.3, -0.25) is 0 Å². The van der Waals surface area contributed by atoms with Gasteiger partial charge in [-0.2, -0.15) is 0 Å². The fourth-order valence-electron chi connectivity index (χ4n) is 2.52.